The Kier molecular flexibility index (Phi) is 7.95. The van der Waals surface area contributed by atoms with Gasteiger partial charge in [-0.15, -0.1) is 0 Å². The molecule has 0 saturated heterocycles. The normalized spacial score (nSPS) is 14.4. The summed E-state index contributed by atoms with van der Waals surface area (Å²) in [5.41, 5.74) is 11.9. The second-order valence-corrected chi connectivity index (χ2v) is 15.6. The quantitative estimate of drug-likeness (QED) is 0.161. The first-order chi connectivity index (χ1) is 29.7. The van der Waals surface area contributed by atoms with Crippen LogP contribution in [0.1, 0.15) is 17.9 Å². The second-order valence-electron chi connectivity index (χ2n) is 15.6. The number of anilines is 5. The molecular weight excluding hydrogens is 733 g/mol. The van der Waals surface area contributed by atoms with Gasteiger partial charge in [-0.1, -0.05) is 140 Å². The Morgan fingerprint density at radius 1 is 0.433 bits per heavy atom. The number of ether oxygens (including phenoxy) is 1. The topological polar surface area (TPSA) is 28.9 Å². The van der Waals surface area contributed by atoms with E-state index in [1.54, 1.807) is 0 Å². The molecule has 10 aromatic rings. The maximum Gasteiger partial charge on any atom is 0.137 e. The summed E-state index contributed by atoms with van der Waals surface area (Å²) in [4.78, 5) is 4.72. The molecule has 0 radical (unpaired) electrons. The molecule has 0 fully saturated rings. The van der Waals surface area contributed by atoms with Crippen LogP contribution in [0.15, 0.2) is 228 Å². The van der Waals surface area contributed by atoms with Gasteiger partial charge >= 0.3 is 0 Å². The van der Waals surface area contributed by atoms with E-state index in [4.69, 9.17) is 9.15 Å². The molecule has 1 aliphatic carbocycles. The van der Waals surface area contributed by atoms with Crippen LogP contribution in [0.3, 0.4) is 0 Å². The fourth-order valence-electron chi connectivity index (χ4n) is 9.31. The first-order valence-corrected chi connectivity index (χ1v) is 20.6. The second kappa shape index (κ2) is 13.9. The number of allylic oxidation sites excluding steroid dienone is 3. The molecule has 0 amide bonds. The lowest BCUT2D eigenvalue weighted by molar-refractivity contribution is 0.424. The van der Waals surface area contributed by atoms with Gasteiger partial charge < -0.3 is 19.0 Å². The van der Waals surface area contributed by atoms with Crippen molar-refractivity contribution in [3.8, 4) is 16.9 Å². The van der Waals surface area contributed by atoms with Crippen molar-refractivity contribution in [2.75, 3.05) is 9.80 Å². The van der Waals surface area contributed by atoms with Crippen molar-refractivity contribution in [3.05, 3.63) is 229 Å². The number of benzene rings is 9. The van der Waals surface area contributed by atoms with Gasteiger partial charge in [-0.05, 0) is 89.0 Å². The van der Waals surface area contributed by atoms with Gasteiger partial charge in [0.1, 0.15) is 22.7 Å². The zero-order chi connectivity index (χ0) is 39.6. The van der Waals surface area contributed by atoms with E-state index >= 15 is 0 Å². The lowest BCUT2D eigenvalue weighted by Crippen LogP contribution is -2.19. The summed E-state index contributed by atoms with van der Waals surface area (Å²) in [7, 11) is 0. The highest BCUT2D eigenvalue weighted by Crippen LogP contribution is 2.48. The van der Waals surface area contributed by atoms with E-state index in [1.807, 2.05) is 18.2 Å². The van der Waals surface area contributed by atoms with Gasteiger partial charge in [0.25, 0.3) is 0 Å². The molecule has 284 valence electrons. The number of nitrogens with zero attached hydrogens (tertiary/aromatic N) is 2. The minimum atomic E-state index is 0.245. The van der Waals surface area contributed by atoms with E-state index in [0.717, 1.165) is 85.1 Å². The highest BCUT2D eigenvalue weighted by Gasteiger charge is 2.32. The predicted molar refractivity (Wildman–Crippen MR) is 248 cm³/mol. The summed E-state index contributed by atoms with van der Waals surface area (Å²) in [6.07, 6.45) is 5.48. The molecule has 2 aliphatic rings. The van der Waals surface area contributed by atoms with Crippen molar-refractivity contribution in [1.82, 2.24) is 0 Å². The van der Waals surface area contributed by atoms with Crippen LogP contribution in [0.2, 0.25) is 0 Å². The van der Waals surface area contributed by atoms with Crippen LogP contribution >= 0.6 is 0 Å². The molecule has 0 saturated carbocycles. The van der Waals surface area contributed by atoms with Crippen molar-refractivity contribution < 1.29 is 9.15 Å². The molecule has 4 nitrogen and oxygen atoms in total. The Labute approximate surface area is 348 Å². The smallest absolute Gasteiger partial charge is 0.137 e. The minimum absolute atomic E-state index is 0.245. The number of rotatable bonds is 7. The third kappa shape index (κ3) is 5.68. The monoisotopic (exact) mass is 770 g/mol. The number of para-hydroxylation sites is 2. The Morgan fingerprint density at radius 2 is 0.983 bits per heavy atom. The Balaban J connectivity index is 0.916. The minimum Gasteiger partial charge on any atom is -0.461 e. The van der Waals surface area contributed by atoms with Crippen LogP contribution in [0.5, 0.6) is 5.75 Å². The van der Waals surface area contributed by atoms with Crippen LogP contribution in [0.25, 0.3) is 54.6 Å². The number of furan rings is 1. The van der Waals surface area contributed by atoms with Crippen LogP contribution in [-0.4, -0.2) is 0 Å². The van der Waals surface area contributed by atoms with Gasteiger partial charge in [0.05, 0.1) is 11.4 Å². The average molecular weight is 771 g/mol. The van der Waals surface area contributed by atoms with Crippen molar-refractivity contribution >= 4 is 71.9 Å². The third-order valence-electron chi connectivity index (χ3n) is 12.2. The van der Waals surface area contributed by atoms with E-state index < -0.39 is 0 Å². The van der Waals surface area contributed by atoms with Gasteiger partial charge in [-0.25, -0.2) is 0 Å². The van der Waals surface area contributed by atoms with E-state index in [9.17, 15) is 0 Å². The van der Waals surface area contributed by atoms with Crippen molar-refractivity contribution in [1.29, 1.82) is 0 Å². The summed E-state index contributed by atoms with van der Waals surface area (Å²) in [6, 6.07) is 71.4. The first-order valence-electron chi connectivity index (χ1n) is 20.6. The van der Waals surface area contributed by atoms with E-state index in [-0.39, 0.29) is 5.92 Å². The van der Waals surface area contributed by atoms with E-state index in [0.29, 0.717) is 0 Å². The van der Waals surface area contributed by atoms with Crippen molar-refractivity contribution in [2.45, 2.75) is 12.3 Å². The molecule has 1 atom stereocenters. The molecule has 0 bridgehead atoms. The average Bonchev–Trinajstić information content (AvgIpc) is 3.88. The SMILES string of the molecule is C1=C2Oc3ccccc3C2CC=C1N(c1ccc(-c2ccc(N(c3ccc4c(c3)oc3ccccc34)c3cccc4ccccc34)cc2)cc1)c1cccc2ccccc12. The first kappa shape index (κ1) is 34.2. The fourth-order valence-corrected chi connectivity index (χ4v) is 9.31. The van der Waals surface area contributed by atoms with Crippen molar-refractivity contribution in [3.63, 3.8) is 0 Å². The van der Waals surface area contributed by atoms with Crippen molar-refractivity contribution in [2.24, 2.45) is 0 Å². The van der Waals surface area contributed by atoms with Gasteiger partial charge in [0.2, 0.25) is 0 Å². The van der Waals surface area contributed by atoms with Gasteiger partial charge in [0, 0.05) is 67.9 Å². The van der Waals surface area contributed by atoms with Gasteiger partial charge in [-0.2, -0.15) is 0 Å². The molecule has 60 heavy (non-hydrogen) atoms. The summed E-state index contributed by atoms with van der Waals surface area (Å²) >= 11 is 0. The predicted octanol–water partition coefficient (Wildman–Crippen LogP) is 15.5. The van der Waals surface area contributed by atoms with Crippen LogP contribution in [-0.2, 0) is 0 Å². The maximum atomic E-state index is 6.45. The molecule has 0 N–H and O–H groups in total. The standard InChI is InChI=1S/C56H38N2O2/c1-3-15-45-39(11-1)13-9-19-51(45)57(43-31-33-49-47-17-5-7-21-53(47)59-55(49)35-43)41-27-23-37(24-28-41)38-25-29-42(30-26-38)58(52-20-10-14-40-12-2-4-16-46(40)52)44-32-34-50-48-18-6-8-22-54(48)60-56(50)36-44/h1-33,35-36,50H,34H2. The zero-order valence-electron chi connectivity index (χ0n) is 32.7. The summed E-state index contributed by atoms with van der Waals surface area (Å²) in [6.45, 7) is 0. The molecule has 1 unspecified atom stereocenters. The zero-order valence-corrected chi connectivity index (χ0v) is 32.7. The summed E-state index contributed by atoms with van der Waals surface area (Å²) in [5, 5.41) is 7.03. The Morgan fingerprint density at radius 3 is 1.70 bits per heavy atom. The van der Waals surface area contributed by atoms with Crippen LogP contribution in [0, 0.1) is 0 Å². The fraction of sp³-hybridized carbons (Fsp3) is 0.0357. The Hall–Kier alpha value is -7.82. The lowest BCUT2D eigenvalue weighted by Gasteiger charge is -2.30. The largest absolute Gasteiger partial charge is 0.461 e. The Bertz CT molecular complexity index is 3330. The molecule has 4 heteroatoms. The molecule has 1 aromatic heterocycles. The molecule has 0 spiro atoms. The van der Waals surface area contributed by atoms with E-state index in [2.05, 4.69) is 204 Å². The van der Waals surface area contributed by atoms with Crippen LogP contribution in [0.4, 0.5) is 28.4 Å². The third-order valence-corrected chi connectivity index (χ3v) is 12.2. The number of hydrogen-bond acceptors (Lipinski definition) is 4. The lowest BCUT2D eigenvalue weighted by atomic mass is 9.91. The molecule has 12 rings (SSSR count). The number of hydrogen-bond donors (Lipinski definition) is 0. The number of fused-ring (bicyclic) bond motifs is 8. The molecular formula is C56H38N2O2. The molecule has 2 heterocycles. The molecule has 1 aliphatic heterocycles. The van der Waals surface area contributed by atoms with Crippen LogP contribution < -0.4 is 14.5 Å². The summed E-state index contributed by atoms with van der Waals surface area (Å²) in [5.74, 6) is 2.21. The van der Waals surface area contributed by atoms with Gasteiger partial charge in [-0.3, -0.25) is 0 Å². The highest BCUT2D eigenvalue weighted by atomic mass is 16.5. The highest BCUT2D eigenvalue weighted by molar-refractivity contribution is 6.07. The van der Waals surface area contributed by atoms with Gasteiger partial charge in [0.15, 0.2) is 0 Å². The van der Waals surface area contributed by atoms with E-state index in [1.165, 1.54) is 27.1 Å². The maximum absolute atomic E-state index is 6.45. The summed E-state index contributed by atoms with van der Waals surface area (Å²) < 4.78 is 12.8. The molecule has 9 aromatic carbocycles.